The highest BCUT2D eigenvalue weighted by Gasteiger charge is 2.05. The van der Waals surface area contributed by atoms with Crippen molar-refractivity contribution >= 4 is 11.8 Å². The van der Waals surface area contributed by atoms with Crippen LogP contribution in [0.15, 0.2) is 18.2 Å². The number of nitrogens with one attached hydrogen (secondary N) is 1. The summed E-state index contributed by atoms with van der Waals surface area (Å²) in [6, 6.07) is 5.34. The highest BCUT2D eigenvalue weighted by molar-refractivity contribution is 5.84. The van der Waals surface area contributed by atoms with E-state index in [1.165, 1.54) is 0 Å². The van der Waals surface area contributed by atoms with Gasteiger partial charge in [0.25, 0.3) is 0 Å². The lowest BCUT2D eigenvalue weighted by atomic mass is 10.1. The summed E-state index contributed by atoms with van der Waals surface area (Å²) in [5.74, 6) is 0.644. The second-order valence-electron chi connectivity index (χ2n) is 2.81. The number of rotatable bonds is 3. The average molecular weight is 195 g/mol. The van der Waals surface area contributed by atoms with Crippen LogP contribution in [-0.4, -0.2) is 18.3 Å². The van der Waals surface area contributed by atoms with E-state index < -0.39 is 6.09 Å². The maximum absolute atomic E-state index is 10.5. The van der Waals surface area contributed by atoms with Crippen LogP contribution in [0.5, 0.6) is 5.75 Å². The van der Waals surface area contributed by atoms with Gasteiger partial charge in [-0.1, -0.05) is 13.0 Å². The van der Waals surface area contributed by atoms with Gasteiger partial charge in [-0.05, 0) is 18.1 Å². The Balaban J connectivity index is 3.01. The van der Waals surface area contributed by atoms with Crippen molar-refractivity contribution in [2.75, 3.05) is 12.4 Å². The maximum atomic E-state index is 10.5. The fourth-order valence-electron chi connectivity index (χ4n) is 1.22. The number of anilines is 1. The molecule has 76 valence electrons. The largest absolute Gasteiger partial charge is 0.497 e. The molecule has 0 heterocycles. The molecular formula is C10H13NO3. The Hall–Kier alpha value is -1.71. The van der Waals surface area contributed by atoms with Crippen LogP contribution >= 0.6 is 0 Å². The van der Waals surface area contributed by atoms with Crippen molar-refractivity contribution in [2.24, 2.45) is 0 Å². The Morgan fingerprint density at radius 3 is 2.79 bits per heavy atom. The van der Waals surface area contributed by atoms with Crippen LogP contribution in [0, 0.1) is 0 Å². The third-order valence-electron chi connectivity index (χ3n) is 1.94. The third kappa shape index (κ3) is 2.39. The summed E-state index contributed by atoms with van der Waals surface area (Å²) in [4.78, 5) is 10.5. The monoisotopic (exact) mass is 195 g/mol. The second kappa shape index (κ2) is 4.50. The molecule has 1 aromatic rings. The molecule has 2 N–H and O–H groups in total. The Kier molecular flexibility index (Phi) is 3.34. The van der Waals surface area contributed by atoms with E-state index in [1.807, 2.05) is 19.1 Å². The first-order valence-electron chi connectivity index (χ1n) is 4.34. The quantitative estimate of drug-likeness (QED) is 0.778. The molecule has 1 rings (SSSR count). The molecule has 14 heavy (non-hydrogen) atoms. The molecule has 0 bridgehead atoms. The molecule has 0 saturated heterocycles. The first-order chi connectivity index (χ1) is 6.67. The number of hydrogen-bond donors (Lipinski definition) is 2. The van der Waals surface area contributed by atoms with E-state index >= 15 is 0 Å². The van der Waals surface area contributed by atoms with Crippen LogP contribution in [0.3, 0.4) is 0 Å². The van der Waals surface area contributed by atoms with Crippen molar-refractivity contribution in [1.82, 2.24) is 0 Å². The van der Waals surface area contributed by atoms with Gasteiger partial charge in [-0.2, -0.15) is 0 Å². The zero-order valence-corrected chi connectivity index (χ0v) is 8.20. The molecule has 0 aliphatic carbocycles. The maximum Gasteiger partial charge on any atom is 0.409 e. The topological polar surface area (TPSA) is 58.6 Å². The summed E-state index contributed by atoms with van der Waals surface area (Å²) in [6.45, 7) is 1.97. The van der Waals surface area contributed by atoms with Crippen molar-refractivity contribution in [3.63, 3.8) is 0 Å². The zero-order valence-electron chi connectivity index (χ0n) is 8.20. The molecule has 0 aliphatic rings. The van der Waals surface area contributed by atoms with E-state index in [0.29, 0.717) is 11.4 Å². The number of methoxy groups -OCH3 is 1. The minimum absolute atomic E-state index is 0.583. The van der Waals surface area contributed by atoms with Crippen LogP contribution in [0.1, 0.15) is 12.5 Å². The van der Waals surface area contributed by atoms with Gasteiger partial charge in [0.1, 0.15) is 5.75 Å². The molecule has 0 fully saturated rings. The lowest BCUT2D eigenvalue weighted by Crippen LogP contribution is -2.09. The molecule has 0 saturated carbocycles. The minimum atomic E-state index is -1.06. The average Bonchev–Trinajstić information content (AvgIpc) is 2.16. The Morgan fingerprint density at radius 2 is 2.29 bits per heavy atom. The smallest absolute Gasteiger partial charge is 0.409 e. The van der Waals surface area contributed by atoms with Gasteiger partial charge in [-0.25, -0.2) is 4.79 Å². The molecule has 0 aromatic heterocycles. The predicted molar refractivity (Wildman–Crippen MR) is 54.0 cm³/mol. The van der Waals surface area contributed by atoms with Gasteiger partial charge in [0, 0.05) is 6.07 Å². The number of amides is 1. The molecule has 1 aromatic carbocycles. The van der Waals surface area contributed by atoms with E-state index in [4.69, 9.17) is 9.84 Å². The molecule has 1 amide bonds. The minimum Gasteiger partial charge on any atom is -0.497 e. The standard InChI is InChI=1S/C10H13NO3/c1-3-7-4-5-8(14-2)6-9(7)11-10(12)13/h4-6,11H,3H2,1-2H3,(H,12,13). The number of aryl methyl sites for hydroxylation is 1. The Labute approximate surface area is 82.5 Å². The van der Waals surface area contributed by atoms with Gasteiger partial charge in [0.2, 0.25) is 0 Å². The lowest BCUT2D eigenvalue weighted by molar-refractivity contribution is 0.209. The number of benzene rings is 1. The molecule has 0 radical (unpaired) electrons. The van der Waals surface area contributed by atoms with Crippen molar-refractivity contribution < 1.29 is 14.6 Å². The zero-order chi connectivity index (χ0) is 10.6. The normalized spacial score (nSPS) is 9.57. The van der Waals surface area contributed by atoms with Gasteiger partial charge in [0.05, 0.1) is 12.8 Å². The summed E-state index contributed by atoms with van der Waals surface area (Å²) in [6.07, 6.45) is -0.285. The number of carbonyl (C=O) groups is 1. The molecule has 0 atom stereocenters. The van der Waals surface area contributed by atoms with E-state index in [-0.39, 0.29) is 0 Å². The first-order valence-corrected chi connectivity index (χ1v) is 4.34. The third-order valence-corrected chi connectivity index (χ3v) is 1.94. The van der Waals surface area contributed by atoms with Crippen molar-refractivity contribution in [2.45, 2.75) is 13.3 Å². The molecule has 0 spiro atoms. The van der Waals surface area contributed by atoms with Gasteiger partial charge >= 0.3 is 6.09 Å². The highest BCUT2D eigenvalue weighted by atomic mass is 16.5. The molecule has 4 heteroatoms. The lowest BCUT2D eigenvalue weighted by Gasteiger charge is -2.09. The number of hydrogen-bond acceptors (Lipinski definition) is 2. The fraction of sp³-hybridized carbons (Fsp3) is 0.300. The molecular weight excluding hydrogens is 182 g/mol. The second-order valence-corrected chi connectivity index (χ2v) is 2.81. The van der Waals surface area contributed by atoms with Crippen LogP contribution in [-0.2, 0) is 6.42 Å². The van der Waals surface area contributed by atoms with E-state index in [1.54, 1.807) is 13.2 Å². The summed E-state index contributed by atoms with van der Waals surface area (Å²) in [7, 11) is 1.55. The molecule has 0 aliphatic heterocycles. The van der Waals surface area contributed by atoms with Crippen molar-refractivity contribution in [3.8, 4) is 5.75 Å². The van der Waals surface area contributed by atoms with Crippen molar-refractivity contribution in [1.29, 1.82) is 0 Å². The van der Waals surface area contributed by atoms with Gasteiger partial charge in [-0.3, -0.25) is 5.32 Å². The highest BCUT2D eigenvalue weighted by Crippen LogP contribution is 2.22. The van der Waals surface area contributed by atoms with E-state index in [2.05, 4.69) is 5.32 Å². The first kappa shape index (κ1) is 10.4. The fourth-order valence-corrected chi connectivity index (χ4v) is 1.22. The molecule has 4 nitrogen and oxygen atoms in total. The Morgan fingerprint density at radius 1 is 1.57 bits per heavy atom. The summed E-state index contributed by atoms with van der Waals surface area (Å²) in [5.41, 5.74) is 1.53. The van der Waals surface area contributed by atoms with Gasteiger partial charge < -0.3 is 9.84 Å². The summed E-state index contributed by atoms with van der Waals surface area (Å²) < 4.78 is 5.00. The predicted octanol–water partition coefficient (Wildman–Crippen LogP) is 2.35. The van der Waals surface area contributed by atoms with Crippen LogP contribution < -0.4 is 10.1 Å². The Bertz CT molecular complexity index is 336. The van der Waals surface area contributed by atoms with Crippen LogP contribution in [0.4, 0.5) is 10.5 Å². The van der Waals surface area contributed by atoms with Crippen LogP contribution in [0.2, 0.25) is 0 Å². The number of carboxylic acid groups (broad SMARTS) is 1. The van der Waals surface area contributed by atoms with Crippen molar-refractivity contribution in [3.05, 3.63) is 23.8 Å². The SMILES string of the molecule is CCc1ccc(OC)cc1NC(=O)O. The van der Waals surface area contributed by atoms with E-state index in [9.17, 15) is 4.79 Å². The van der Waals surface area contributed by atoms with Crippen LogP contribution in [0.25, 0.3) is 0 Å². The molecule has 0 unspecified atom stereocenters. The number of ether oxygens (including phenoxy) is 1. The summed E-state index contributed by atoms with van der Waals surface area (Å²) in [5, 5.41) is 10.9. The van der Waals surface area contributed by atoms with Gasteiger partial charge in [-0.15, -0.1) is 0 Å². The van der Waals surface area contributed by atoms with E-state index in [0.717, 1.165) is 12.0 Å². The summed E-state index contributed by atoms with van der Waals surface area (Å²) >= 11 is 0. The van der Waals surface area contributed by atoms with Gasteiger partial charge in [0.15, 0.2) is 0 Å².